The molecule has 0 heterocycles. The van der Waals surface area contributed by atoms with Gasteiger partial charge in [0.1, 0.15) is 5.54 Å². The Hall–Kier alpha value is -1.06. The minimum absolute atomic E-state index is 0.195. The van der Waals surface area contributed by atoms with Gasteiger partial charge >= 0.3 is 5.97 Å². The number of nitrogens with zero attached hydrogens (tertiary/aromatic N) is 1. The van der Waals surface area contributed by atoms with Gasteiger partial charge < -0.3 is 10.0 Å². The van der Waals surface area contributed by atoms with Crippen LogP contribution in [0.4, 0.5) is 0 Å². The Labute approximate surface area is 91.3 Å². The van der Waals surface area contributed by atoms with Crippen LogP contribution in [-0.2, 0) is 9.59 Å². The SMILES string of the molecule is CCCC(CCC)(C(=O)O)N(C)C(C)=O. The number of amides is 1. The highest BCUT2D eigenvalue weighted by Gasteiger charge is 2.42. The average molecular weight is 215 g/mol. The summed E-state index contributed by atoms with van der Waals surface area (Å²) in [5, 5.41) is 9.31. The Kier molecular flexibility index (Phi) is 5.33. The summed E-state index contributed by atoms with van der Waals surface area (Å²) in [7, 11) is 1.57. The number of carboxylic acids is 1. The van der Waals surface area contributed by atoms with Crippen molar-refractivity contribution < 1.29 is 14.7 Å². The van der Waals surface area contributed by atoms with Crippen LogP contribution in [0.2, 0.25) is 0 Å². The molecule has 0 aliphatic carbocycles. The highest BCUT2D eigenvalue weighted by molar-refractivity contribution is 5.85. The van der Waals surface area contributed by atoms with E-state index in [0.29, 0.717) is 12.8 Å². The van der Waals surface area contributed by atoms with Gasteiger partial charge in [-0.05, 0) is 12.8 Å². The minimum Gasteiger partial charge on any atom is -0.479 e. The highest BCUT2D eigenvalue weighted by Crippen LogP contribution is 2.26. The number of carbonyl (C=O) groups excluding carboxylic acids is 1. The van der Waals surface area contributed by atoms with Crippen molar-refractivity contribution in [1.82, 2.24) is 4.90 Å². The summed E-state index contributed by atoms with van der Waals surface area (Å²) in [4.78, 5) is 24.0. The van der Waals surface area contributed by atoms with Crippen LogP contribution in [0.15, 0.2) is 0 Å². The van der Waals surface area contributed by atoms with Crippen LogP contribution >= 0.6 is 0 Å². The maximum Gasteiger partial charge on any atom is 0.329 e. The van der Waals surface area contributed by atoms with Crippen molar-refractivity contribution in [3.8, 4) is 0 Å². The summed E-state index contributed by atoms with van der Waals surface area (Å²) < 4.78 is 0. The number of hydrogen-bond donors (Lipinski definition) is 1. The molecule has 0 radical (unpaired) electrons. The zero-order valence-corrected chi connectivity index (χ0v) is 10.0. The molecule has 1 amide bonds. The monoisotopic (exact) mass is 215 g/mol. The second-order valence-electron chi connectivity index (χ2n) is 3.91. The second kappa shape index (κ2) is 5.73. The van der Waals surface area contributed by atoms with Gasteiger partial charge in [0.05, 0.1) is 0 Å². The first-order chi connectivity index (χ1) is 6.92. The third-order valence-electron chi connectivity index (χ3n) is 2.84. The third kappa shape index (κ3) is 2.94. The van der Waals surface area contributed by atoms with E-state index in [1.54, 1.807) is 7.05 Å². The summed E-state index contributed by atoms with van der Waals surface area (Å²) in [6.45, 7) is 5.27. The molecule has 0 saturated heterocycles. The molecule has 4 heteroatoms. The smallest absolute Gasteiger partial charge is 0.329 e. The molecule has 0 fully saturated rings. The normalized spacial score (nSPS) is 11.2. The Balaban J connectivity index is 5.09. The molecule has 0 aliphatic rings. The number of likely N-dealkylation sites (N-methyl/N-ethyl adjacent to an activating group) is 1. The molecule has 0 aromatic heterocycles. The van der Waals surface area contributed by atoms with Crippen LogP contribution in [-0.4, -0.2) is 34.5 Å². The van der Waals surface area contributed by atoms with Gasteiger partial charge in [0.25, 0.3) is 0 Å². The number of carboxylic acid groups (broad SMARTS) is 1. The molecule has 88 valence electrons. The lowest BCUT2D eigenvalue weighted by atomic mass is 9.87. The number of carbonyl (C=O) groups is 2. The van der Waals surface area contributed by atoms with E-state index in [4.69, 9.17) is 0 Å². The van der Waals surface area contributed by atoms with E-state index in [9.17, 15) is 14.7 Å². The molecular formula is C11H21NO3. The van der Waals surface area contributed by atoms with Gasteiger partial charge in [-0.1, -0.05) is 26.7 Å². The minimum atomic E-state index is -1.02. The zero-order valence-electron chi connectivity index (χ0n) is 10.0. The van der Waals surface area contributed by atoms with Crippen molar-refractivity contribution in [2.24, 2.45) is 0 Å². The van der Waals surface area contributed by atoms with Crippen LogP contribution in [0.5, 0.6) is 0 Å². The maximum atomic E-state index is 11.4. The van der Waals surface area contributed by atoms with Crippen molar-refractivity contribution in [3.05, 3.63) is 0 Å². The molecule has 0 aromatic carbocycles. The van der Waals surface area contributed by atoms with Crippen molar-refractivity contribution >= 4 is 11.9 Å². The van der Waals surface area contributed by atoms with Crippen molar-refractivity contribution in [2.45, 2.75) is 52.0 Å². The lowest BCUT2D eigenvalue weighted by Crippen LogP contribution is -2.54. The van der Waals surface area contributed by atoms with E-state index < -0.39 is 11.5 Å². The van der Waals surface area contributed by atoms with E-state index in [1.807, 2.05) is 13.8 Å². The average Bonchev–Trinajstić information content (AvgIpc) is 2.15. The quantitative estimate of drug-likeness (QED) is 0.736. The summed E-state index contributed by atoms with van der Waals surface area (Å²) in [5.41, 5.74) is -1.02. The lowest BCUT2D eigenvalue weighted by Gasteiger charge is -2.37. The van der Waals surface area contributed by atoms with Crippen LogP contribution in [0, 0.1) is 0 Å². The first-order valence-corrected chi connectivity index (χ1v) is 5.40. The van der Waals surface area contributed by atoms with E-state index in [1.165, 1.54) is 11.8 Å². The van der Waals surface area contributed by atoms with E-state index >= 15 is 0 Å². The third-order valence-corrected chi connectivity index (χ3v) is 2.84. The predicted molar refractivity (Wildman–Crippen MR) is 58.6 cm³/mol. The molecular weight excluding hydrogens is 194 g/mol. The summed E-state index contributed by atoms with van der Waals surface area (Å²) in [5.74, 6) is -1.09. The summed E-state index contributed by atoms with van der Waals surface area (Å²) >= 11 is 0. The summed E-state index contributed by atoms with van der Waals surface area (Å²) in [6.07, 6.45) is 2.52. The molecule has 0 atom stereocenters. The van der Waals surface area contributed by atoms with Crippen molar-refractivity contribution in [3.63, 3.8) is 0 Å². The fourth-order valence-electron chi connectivity index (χ4n) is 1.95. The Morgan fingerprint density at radius 1 is 1.20 bits per heavy atom. The fraction of sp³-hybridized carbons (Fsp3) is 0.818. The van der Waals surface area contributed by atoms with E-state index in [2.05, 4.69) is 0 Å². The van der Waals surface area contributed by atoms with Crippen molar-refractivity contribution in [2.75, 3.05) is 7.05 Å². The van der Waals surface area contributed by atoms with Crippen molar-refractivity contribution in [1.29, 1.82) is 0 Å². The van der Waals surface area contributed by atoms with Gasteiger partial charge in [-0.25, -0.2) is 4.79 Å². The number of rotatable bonds is 6. The maximum absolute atomic E-state index is 11.4. The van der Waals surface area contributed by atoms with Gasteiger partial charge in [0, 0.05) is 14.0 Å². The Morgan fingerprint density at radius 3 is 1.80 bits per heavy atom. The van der Waals surface area contributed by atoms with Gasteiger partial charge in [0.15, 0.2) is 0 Å². The molecule has 0 aliphatic heterocycles. The predicted octanol–water partition coefficient (Wildman–Crippen LogP) is 1.89. The molecule has 0 spiro atoms. The molecule has 0 rings (SSSR count). The Bertz CT molecular complexity index is 232. The standard InChI is InChI=1S/C11H21NO3/c1-5-7-11(8-6-2,10(14)15)12(4)9(3)13/h5-8H2,1-4H3,(H,14,15). The number of aliphatic carboxylic acids is 1. The largest absolute Gasteiger partial charge is 0.479 e. The van der Waals surface area contributed by atoms with Crippen LogP contribution < -0.4 is 0 Å². The highest BCUT2D eigenvalue weighted by atomic mass is 16.4. The molecule has 0 saturated carbocycles. The first-order valence-electron chi connectivity index (χ1n) is 5.40. The Morgan fingerprint density at radius 2 is 1.60 bits per heavy atom. The molecule has 4 nitrogen and oxygen atoms in total. The number of hydrogen-bond acceptors (Lipinski definition) is 2. The van der Waals surface area contributed by atoms with Crippen LogP contribution in [0.1, 0.15) is 46.5 Å². The first kappa shape index (κ1) is 13.9. The lowest BCUT2D eigenvalue weighted by molar-refractivity contribution is -0.158. The zero-order chi connectivity index (χ0) is 12.1. The van der Waals surface area contributed by atoms with E-state index in [-0.39, 0.29) is 5.91 Å². The second-order valence-corrected chi connectivity index (χ2v) is 3.91. The topological polar surface area (TPSA) is 57.6 Å². The molecule has 0 aromatic rings. The summed E-state index contributed by atoms with van der Waals surface area (Å²) in [6, 6.07) is 0. The van der Waals surface area contributed by atoms with Gasteiger partial charge in [-0.2, -0.15) is 0 Å². The van der Waals surface area contributed by atoms with Crippen LogP contribution in [0.3, 0.4) is 0 Å². The fourth-order valence-corrected chi connectivity index (χ4v) is 1.95. The van der Waals surface area contributed by atoms with Gasteiger partial charge in [0.2, 0.25) is 5.91 Å². The van der Waals surface area contributed by atoms with Crippen LogP contribution in [0.25, 0.3) is 0 Å². The van der Waals surface area contributed by atoms with E-state index in [0.717, 1.165) is 12.8 Å². The molecule has 0 bridgehead atoms. The molecule has 15 heavy (non-hydrogen) atoms. The molecule has 1 N–H and O–H groups in total. The molecule has 0 unspecified atom stereocenters. The van der Waals surface area contributed by atoms with Gasteiger partial charge in [-0.15, -0.1) is 0 Å². The van der Waals surface area contributed by atoms with Gasteiger partial charge in [-0.3, -0.25) is 4.79 Å².